The molecule has 0 spiro atoms. The van der Waals surface area contributed by atoms with Gasteiger partial charge in [-0.3, -0.25) is 4.79 Å². The summed E-state index contributed by atoms with van der Waals surface area (Å²) in [5.74, 6) is 0.609. The Morgan fingerprint density at radius 2 is 2.00 bits per heavy atom. The highest BCUT2D eigenvalue weighted by Gasteiger charge is 2.24. The van der Waals surface area contributed by atoms with Crippen LogP contribution in [0.1, 0.15) is 47.0 Å². The monoisotopic (exact) mass is 236 g/mol. The van der Waals surface area contributed by atoms with Crippen molar-refractivity contribution in [1.82, 2.24) is 0 Å². The molecule has 17 heavy (non-hydrogen) atoms. The van der Waals surface area contributed by atoms with E-state index in [2.05, 4.69) is 12.2 Å². The van der Waals surface area contributed by atoms with Crippen LogP contribution in [0.25, 0.3) is 0 Å². The number of rotatable bonds is 1. The van der Waals surface area contributed by atoms with Gasteiger partial charge in [0.15, 0.2) is 5.78 Å². The number of allylic oxidation sites excluding steroid dienone is 3. The fraction of sp³-hybridized carbons (Fsp3) is 0.667. The molecule has 0 saturated heterocycles. The second-order valence-corrected chi connectivity index (χ2v) is 5.82. The lowest BCUT2D eigenvalue weighted by Gasteiger charge is -2.27. The molecule has 0 fully saturated rings. The lowest BCUT2D eigenvalue weighted by molar-refractivity contribution is -0.115. The molecule has 96 valence electrons. The summed E-state index contributed by atoms with van der Waals surface area (Å²) in [7, 11) is 0. The van der Waals surface area contributed by atoms with Crippen molar-refractivity contribution in [2.45, 2.75) is 52.6 Å². The number of hydrogen-bond donors (Lipinski definition) is 1. The Balaban J connectivity index is 2.87. The van der Waals surface area contributed by atoms with E-state index in [-0.39, 0.29) is 17.6 Å². The number of carbonyl (C=O) groups is 1. The highest BCUT2D eigenvalue weighted by Crippen LogP contribution is 2.26. The standard InChI is InChI=1S/C15H24O2/c1-11-5-7-13(15(3,4)17)8-6-12(2)10-14(16)9-11/h5,7,10-11,13,17H,6,8-9H2,1-4H3/b7-5+,12-10+/t11-,13+/m1/s1. The predicted molar refractivity (Wildman–Crippen MR) is 70.7 cm³/mol. The molecular formula is C15H24O2. The van der Waals surface area contributed by atoms with Crippen LogP contribution in [0, 0.1) is 11.8 Å². The van der Waals surface area contributed by atoms with Gasteiger partial charge in [0.1, 0.15) is 0 Å². The summed E-state index contributed by atoms with van der Waals surface area (Å²) >= 11 is 0. The maximum atomic E-state index is 11.6. The van der Waals surface area contributed by atoms with E-state index in [1.807, 2.05) is 27.7 Å². The van der Waals surface area contributed by atoms with E-state index in [1.54, 1.807) is 6.08 Å². The Morgan fingerprint density at radius 3 is 2.59 bits per heavy atom. The molecule has 0 bridgehead atoms. The lowest BCUT2D eigenvalue weighted by atomic mass is 9.84. The minimum absolute atomic E-state index is 0.154. The smallest absolute Gasteiger partial charge is 0.156 e. The maximum Gasteiger partial charge on any atom is 0.156 e. The van der Waals surface area contributed by atoms with Crippen molar-refractivity contribution in [2.24, 2.45) is 11.8 Å². The molecule has 2 atom stereocenters. The van der Waals surface area contributed by atoms with Crippen LogP contribution < -0.4 is 0 Å². The molecule has 0 aromatic rings. The Kier molecular flexibility index (Phi) is 4.70. The maximum absolute atomic E-state index is 11.6. The molecule has 2 heteroatoms. The van der Waals surface area contributed by atoms with Crippen molar-refractivity contribution >= 4 is 5.78 Å². The first kappa shape index (κ1) is 14.2. The van der Waals surface area contributed by atoms with E-state index in [0.717, 1.165) is 18.4 Å². The summed E-state index contributed by atoms with van der Waals surface area (Å²) in [5, 5.41) is 10.1. The van der Waals surface area contributed by atoms with Crippen LogP contribution in [0.3, 0.4) is 0 Å². The molecular weight excluding hydrogens is 212 g/mol. The van der Waals surface area contributed by atoms with Gasteiger partial charge in [-0.05, 0) is 45.6 Å². The van der Waals surface area contributed by atoms with Crippen molar-refractivity contribution in [3.05, 3.63) is 23.8 Å². The summed E-state index contributed by atoms with van der Waals surface area (Å²) in [6.45, 7) is 7.74. The van der Waals surface area contributed by atoms with Gasteiger partial charge in [0.2, 0.25) is 0 Å². The molecule has 0 aliphatic heterocycles. The SMILES string of the molecule is C/C1=C\C(=O)C[C@H](C)/C=C/[C@H](C(C)(C)O)CC1. The van der Waals surface area contributed by atoms with Crippen LogP contribution in [0.5, 0.6) is 0 Å². The fourth-order valence-electron chi connectivity index (χ4n) is 2.18. The lowest BCUT2D eigenvalue weighted by Crippen LogP contribution is -2.29. The van der Waals surface area contributed by atoms with Gasteiger partial charge in [0.05, 0.1) is 5.60 Å². The molecule has 1 rings (SSSR count). The highest BCUT2D eigenvalue weighted by molar-refractivity contribution is 5.90. The van der Waals surface area contributed by atoms with Gasteiger partial charge in [-0.15, -0.1) is 0 Å². The molecule has 0 radical (unpaired) electrons. The third-order valence-corrected chi connectivity index (χ3v) is 3.36. The molecule has 0 heterocycles. The Morgan fingerprint density at radius 1 is 1.35 bits per heavy atom. The molecule has 0 aromatic carbocycles. The molecule has 0 amide bonds. The number of ketones is 1. The molecule has 0 unspecified atom stereocenters. The van der Waals surface area contributed by atoms with Gasteiger partial charge in [0, 0.05) is 12.3 Å². The average Bonchev–Trinajstić information content (AvgIpc) is 2.14. The van der Waals surface area contributed by atoms with Crippen LogP contribution in [-0.4, -0.2) is 16.5 Å². The second kappa shape index (κ2) is 5.63. The summed E-state index contributed by atoms with van der Waals surface area (Å²) in [6.07, 6.45) is 8.23. The van der Waals surface area contributed by atoms with Gasteiger partial charge in [-0.1, -0.05) is 24.6 Å². The zero-order valence-electron chi connectivity index (χ0n) is 11.4. The zero-order chi connectivity index (χ0) is 13.1. The molecule has 1 aliphatic rings. The molecule has 1 aliphatic carbocycles. The first-order valence-corrected chi connectivity index (χ1v) is 6.39. The molecule has 1 N–H and O–H groups in total. The number of aliphatic hydroxyl groups is 1. The first-order valence-electron chi connectivity index (χ1n) is 6.39. The van der Waals surface area contributed by atoms with E-state index < -0.39 is 5.60 Å². The fourth-order valence-corrected chi connectivity index (χ4v) is 2.18. The van der Waals surface area contributed by atoms with Crippen molar-refractivity contribution in [1.29, 1.82) is 0 Å². The van der Waals surface area contributed by atoms with Crippen molar-refractivity contribution in [2.75, 3.05) is 0 Å². The average molecular weight is 236 g/mol. The van der Waals surface area contributed by atoms with E-state index in [1.165, 1.54) is 0 Å². The van der Waals surface area contributed by atoms with Crippen molar-refractivity contribution < 1.29 is 9.90 Å². The largest absolute Gasteiger partial charge is 0.390 e. The molecule has 0 aromatic heterocycles. The third kappa shape index (κ3) is 4.86. The van der Waals surface area contributed by atoms with Gasteiger partial charge < -0.3 is 5.11 Å². The number of carbonyl (C=O) groups excluding carboxylic acids is 1. The minimum atomic E-state index is -0.695. The van der Waals surface area contributed by atoms with E-state index >= 15 is 0 Å². The van der Waals surface area contributed by atoms with Gasteiger partial charge in [-0.2, -0.15) is 0 Å². The van der Waals surface area contributed by atoms with E-state index in [4.69, 9.17) is 0 Å². The highest BCUT2D eigenvalue weighted by atomic mass is 16.3. The summed E-state index contributed by atoms with van der Waals surface area (Å²) in [5.41, 5.74) is 0.423. The summed E-state index contributed by atoms with van der Waals surface area (Å²) < 4.78 is 0. The Hall–Kier alpha value is -0.890. The van der Waals surface area contributed by atoms with E-state index in [0.29, 0.717) is 6.42 Å². The molecule has 2 nitrogen and oxygen atoms in total. The Bertz CT molecular complexity index is 331. The second-order valence-electron chi connectivity index (χ2n) is 5.82. The summed E-state index contributed by atoms with van der Waals surface area (Å²) in [4.78, 5) is 11.6. The third-order valence-electron chi connectivity index (χ3n) is 3.36. The zero-order valence-corrected chi connectivity index (χ0v) is 11.4. The quantitative estimate of drug-likeness (QED) is 0.709. The van der Waals surface area contributed by atoms with Gasteiger partial charge in [0.25, 0.3) is 0 Å². The van der Waals surface area contributed by atoms with Crippen molar-refractivity contribution in [3.8, 4) is 0 Å². The number of hydrogen-bond acceptors (Lipinski definition) is 2. The van der Waals surface area contributed by atoms with Crippen LogP contribution in [0.15, 0.2) is 23.8 Å². The Labute approximate surface area is 104 Å². The van der Waals surface area contributed by atoms with Crippen LogP contribution in [-0.2, 0) is 4.79 Å². The predicted octanol–water partition coefficient (Wildman–Crippen LogP) is 3.27. The van der Waals surface area contributed by atoms with Crippen LogP contribution >= 0.6 is 0 Å². The molecule has 0 saturated carbocycles. The van der Waals surface area contributed by atoms with Crippen LogP contribution in [0.4, 0.5) is 0 Å². The van der Waals surface area contributed by atoms with Crippen LogP contribution in [0.2, 0.25) is 0 Å². The van der Waals surface area contributed by atoms with Crippen molar-refractivity contribution in [3.63, 3.8) is 0 Å². The van der Waals surface area contributed by atoms with Gasteiger partial charge >= 0.3 is 0 Å². The normalized spacial score (nSPS) is 32.8. The van der Waals surface area contributed by atoms with E-state index in [9.17, 15) is 9.90 Å². The minimum Gasteiger partial charge on any atom is -0.390 e. The van der Waals surface area contributed by atoms with Gasteiger partial charge in [-0.25, -0.2) is 0 Å². The summed E-state index contributed by atoms with van der Waals surface area (Å²) in [6, 6.07) is 0. The first-order chi connectivity index (χ1) is 7.79. The topological polar surface area (TPSA) is 37.3 Å².